The first-order valence-electron chi connectivity index (χ1n) is 4.36. The predicted octanol–water partition coefficient (Wildman–Crippen LogP) is 0.751. The molecule has 3 unspecified atom stereocenters. The predicted molar refractivity (Wildman–Crippen MR) is 44.8 cm³/mol. The van der Waals surface area contributed by atoms with Crippen molar-refractivity contribution in [3.8, 4) is 0 Å². The molecule has 0 aromatic rings. The summed E-state index contributed by atoms with van der Waals surface area (Å²) in [6, 6.07) is 0. The van der Waals surface area contributed by atoms with Crippen LogP contribution in [-0.2, 0) is 9.53 Å². The smallest absolute Gasteiger partial charge is 0.135 e. The van der Waals surface area contributed by atoms with Crippen molar-refractivity contribution in [2.45, 2.75) is 38.4 Å². The van der Waals surface area contributed by atoms with E-state index in [-0.39, 0.29) is 17.8 Å². The van der Waals surface area contributed by atoms with Crippen LogP contribution in [0.1, 0.15) is 26.2 Å². The van der Waals surface area contributed by atoms with Gasteiger partial charge in [-0.2, -0.15) is 0 Å². The van der Waals surface area contributed by atoms with Crippen molar-refractivity contribution >= 4 is 5.78 Å². The van der Waals surface area contributed by atoms with Crippen LogP contribution in [0.25, 0.3) is 0 Å². The molecule has 0 heterocycles. The number of Topliss-reactive ketones (excluding diaryl/α,β-unsaturated/α-hetero) is 1. The van der Waals surface area contributed by atoms with E-state index in [1.807, 2.05) is 0 Å². The van der Waals surface area contributed by atoms with Crippen molar-refractivity contribution in [1.29, 1.82) is 0 Å². The molecule has 3 nitrogen and oxygen atoms in total. The highest BCUT2D eigenvalue weighted by molar-refractivity contribution is 5.78. The number of ketones is 1. The fourth-order valence-electron chi connectivity index (χ4n) is 1.80. The quantitative estimate of drug-likeness (QED) is 0.668. The van der Waals surface area contributed by atoms with Crippen molar-refractivity contribution < 1.29 is 14.6 Å². The molecule has 3 atom stereocenters. The van der Waals surface area contributed by atoms with Crippen molar-refractivity contribution in [3.63, 3.8) is 0 Å². The molecule has 0 spiro atoms. The van der Waals surface area contributed by atoms with Gasteiger partial charge in [-0.25, -0.2) is 0 Å². The molecule has 1 aliphatic carbocycles. The number of methoxy groups -OCH3 is 1. The first-order chi connectivity index (χ1) is 5.65. The summed E-state index contributed by atoms with van der Waals surface area (Å²) in [5, 5.41) is 9.54. The molecule has 0 bridgehead atoms. The van der Waals surface area contributed by atoms with Crippen LogP contribution in [0.4, 0.5) is 0 Å². The Morgan fingerprint density at radius 1 is 1.50 bits per heavy atom. The van der Waals surface area contributed by atoms with Gasteiger partial charge >= 0.3 is 0 Å². The van der Waals surface area contributed by atoms with E-state index in [0.29, 0.717) is 6.42 Å². The Kier molecular flexibility index (Phi) is 3.23. The van der Waals surface area contributed by atoms with Crippen LogP contribution in [0.3, 0.4) is 0 Å². The first-order valence-corrected chi connectivity index (χ1v) is 4.36. The maximum atomic E-state index is 11.0. The maximum absolute atomic E-state index is 11.0. The minimum absolute atomic E-state index is 0.0945. The third-order valence-corrected chi connectivity index (χ3v) is 2.62. The molecule has 1 aliphatic rings. The molecule has 1 saturated carbocycles. The topological polar surface area (TPSA) is 46.5 Å². The molecule has 0 aliphatic heterocycles. The lowest BCUT2D eigenvalue weighted by molar-refractivity contribution is -0.128. The van der Waals surface area contributed by atoms with Gasteiger partial charge in [0.2, 0.25) is 0 Å². The zero-order valence-electron chi connectivity index (χ0n) is 7.62. The lowest BCUT2D eigenvalue weighted by Crippen LogP contribution is -2.36. The van der Waals surface area contributed by atoms with Crippen LogP contribution in [0.5, 0.6) is 0 Å². The van der Waals surface area contributed by atoms with Crippen LogP contribution in [0.2, 0.25) is 0 Å². The summed E-state index contributed by atoms with van der Waals surface area (Å²) in [4.78, 5) is 11.0. The van der Waals surface area contributed by atoms with Gasteiger partial charge in [0.1, 0.15) is 5.78 Å². The van der Waals surface area contributed by atoms with Crippen LogP contribution in [0.15, 0.2) is 0 Å². The van der Waals surface area contributed by atoms with Gasteiger partial charge < -0.3 is 9.84 Å². The SMILES string of the molecule is COC1CCC(C(C)=O)C(O)C1. The van der Waals surface area contributed by atoms with Gasteiger partial charge in [0.05, 0.1) is 12.2 Å². The maximum Gasteiger partial charge on any atom is 0.135 e. The van der Waals surface area contributed by atoms with Gasteiger partial charge in [-0.3, -0.25) is 4.79 Å². The third-order valence-electron chi connectivity index (χ3n) is 2.62. The third kappa shape index (κ3) is 2.05. The number of hydrogen-bond donors (Lipinski definition) is 1. The molecule has 0 saturated heterocycles. The minimum atomic E-state index is -0.499. The van der Waals surface area contributed by atoms with Crippen molar-refractivity contribution in [2.24, 2.45) is 5.92 Å². The molecule has 0 aromatic heterocycles. The van der Waals surface area contributed by atoms with Gasteiger partial charge in [-0.05, 0) is 19.8 Å². The fourth-order valence-corrected chi connectivity index (χ4v) is 1.80. The minimum Gasteiger partial charge on any atom is -0.392 e. The molecule has 0 amide bonds. The molecule has 12 heavy (non-hydrogen) atoms. The van der Waals surface area contributed by atoms with Crippen molar-refractivity contribution in [1.82, 2.24) is 0 Å². The summed E-state index contributed by atoms with van der Waals surface area (Å²) in [6.45, 7) is 1.54. The van der Waals surface area contributed by atoms with E-state index in [1.54, 1.807) is 14.0 Å². The van der Waals surface area contributed by atoms with Crippen LogP contribution in [0, 0.1) is 5.92 Å². The first kappa shape index (κ1) is 9.68. The summed E-state index contributed by atoms with van der Waals surface area (Å²) in [6.07, 6.45) is 1.88. The molecule has 1 fully saturated rings. The number of carbonyl (C=O) groups excluding carboxylic acids is 1. The Balaban J connectivity index is 2.47. The average Bonchev–Trinajstić information content (AvgIpc) is 2.03. The number of aliphatic hydroxyl groups is 1. The normalized spacial score (nSPS) is 36.4. The molecule has 0 aromatic carbocycles. The second-order valence-electron chi connectivity index (χ2n) is 3.46. The highest BCUT2D eigenvalue weighted by Crippen LogP contribution is 2.26. The zero-order valence-corrected chi connectivity index (χ0v) is 7.62. The monoisotopic (exact) mass is 172 g/mol. The molecular weight excluding hydrogens is 156 g/mol. The standard InChI is InChI=1S/C9H16O3/c1-6(10)8-4-3-7(12-2)5-9(8)11/h7-9,11H,3-5H2,1-2H3. The Labute approximate surface area is 72.7 Å². The highest BCUT2D eigenvalue weighted by atomic mass is 16.5. The molecule has 1 N–H and O–H groups in total. The summed E-state index contributed by atoms with van der Waals surface area (Å²) in [5.74, 6) is -0.0616. The second kappa shape index (κ2) is 4.01. The Morgan fingerprint density at radius 2 is 2.17 bits per heavy atom. The molecule has 0 radical (unpaired) electrons. The van der Waals surface area contributed by atoms with E-state index in [4.69, 9.17) is 4.74 Å². The fraction of sp³-hybridized carbons (Fsp3) is 0.889. The van der Waals surface area contributed by atoms with Gasteiger partial charge in [-0.15, -0.1) is 0 Å². The number of hydrogen-bond acceptors (Lipinski definition) is 3. The number of carbonyl (C=O) groups is 1. The largest absolute Gasteiger partial charge is 0.392 e. The van der Waals surface area contributed by atoms with E-state index in [9.17, 15) is 9.90 Å². The molecule has 3 heteroatoms. The van der Waals surface area contributed by atoms with E-state index >= 15 is 0 Å². The summed E-state index contributed by atoms with van der Waals surface area (Å²) < 4.78 is 5.12. The van der Waals surface area contributed by atoms with E-state index in [1.165, 1.54) is 0 Å². The van der Waals surface area contributed by atoms with Crippen LogP contribution in [-0.4, -0.2) is 30.2 Å². The Morgan fingerprint density at radius 3 is 2.58 bits per heavy atom. The number of rotatable bonds is 2. The Bertz CT molecular complexity index is 167. The van der Waals surface area contributed by atoms with Crippen LogP contribution < -0.4 is 0 Å². The van der Waals surface area contributed by atoms with Crippen LogP contribution >= 0.6 is 0 Å². The highest BCUT2D eigenvalue weighted by Gasteiger charge is 2.31. The number of ether oxygens (including phenoxy) is 1. The van der Waals surface area contributed by atoms with Gasteiger partial charge in [0.25, 0.3) is 0 Å². The zero-order chi connectivity index (χ0) is 9.14. The van der Waals surface area contributed by atoms with E-state index in [0.717, 1.165) is 12.8 Å². The van der Waals surface area contributed by atoms with Crippen molar-refractivity contribution in [3.05, 3.63) is 0 Å². The molecule has 70 valence electrons. The second-order valence-corrected chi connectivity index (χ2v) is 3.46. The number of aliphatic hydroxyl groups excluding tert-OH is 1. The average molecular weight is 172 g/mol. The summed E-state index contributed by atoms with van der Waals surface area (Å²) in [5.41, 5.74) is 0. The van der Waals surface area contributed by atoms with Crippen molar-refractivity contribution in [2.75, 3.05) is 7.11 Å². The van der Waals surface area contributed by atoms with E-state index in [2.05, 4.69) is 0 Å². The van der Waals surface area contributed by atoms with Gasteiger partial charge in [0.15, 0.2) is 0 Å². The summed E-state index contributed by atoms with van der Waals surface area (Å²) in [7, 11) is 1.64. The lowest BCUT2D eigenvalue weighted by atomic mass is 9.82. The van der Waals surface area contributed by atoms with E-state index < -0.39 is 6.10 Å². The Hall–Kier alpha value is -0.410. The molecular formula is C9H16O3. The summed E-state index contributed by atoms with van der Waals surface area (Å²) >= 11 is 0. The van der Waals surface area contributed by atoms with Gasteiger partial charge in [0, 0.05) is 19.4 Å². The molecule has 1 rings (SSSR count). The lowest BCUT2D eigenvalue weighted by Gasteiger charge is -2.30. The van der Waals surface area contributed by atoms with Gasteiger partial charge in [-0.1, -0.05) is 0 Å².